The highest BCUT2D eigenvalue weighted by molar-refractivity contribution is 6.84. The van der Waals surface area contributed by atoms with Crippen LogP contribution in [0.4, 0.5) is 0 Å². The average molecular weight is 678 g/mol. The van der Waals surface area contributed by atoms with Crippen molar-refractivity contribution in [2.24, 2.45) is 0 Å². The molecule has 0 aliphatic carbocycles. The van der Waals surface area contributed by atoms with Crippen molar-refractivity contribution in [3.8, 4) is 56.3 Å². The number of nitrogens with zero attached hydrogens (tertiary/aromatic N) is 1. The number of rotatable bonds is 3. The highest BCUT2D eigenvalue weighted by Gasteiger charge is 2.41. The summed E-state index contributed by atoms with van der Waals surface area (Å²) in [6.07, 6.45) is 0. The van der Waals surface area contributed by atoms with Crippen LogP contribution in [0.3, 0.4) is 0 Å². The number of hydrogen-bond acceptors (Lipinski definition) is 3. The van der Waals surface area contributed by atoms with Crippen molar-refractivity contribution in [2.45, 2.75) is 0 Å². The van der Waals surface area contributed by atoms with Gasteiger partial charge in [-0.2, -0.15) is 0 Å². The topological polar surface area (TPSA) is 36.5 Å². The lowest BCUT2D eigenvalue weighted by atomic mass is 9.50. The van der Waals surface area contributed by atoms with E-state index in [0.717, 1.165) is 89.2 Å². The standard InChI is InChI=1S/C48H28BNO3/c1-5-15-40-34(10-1)35-11-2-6-16-41(35)50(40)32-23-20-29(21-24-32)30-22-25-44-39(27-30)49-48-38(36-12-3-8-18-43(36)53-49)26-31(28-46(48)52-44)33-14-9-19-45-47(33)37-13-4-7-17-42(37)51-45/h1-28H. The zero-order chi connectivity index (χ0) is 34.6. The van der Waals surface area contributed by atoms with Gasteiger partial charge in [0.2, 0.25) is 0 Å². The molecule has 5 heteroatoms. The normalized spacial score (nSPS) is 12.8. The van der Waals surface area contributed by atoms with E-state index in [9.17, 15) is 0 Å². The van der Waals surface area contributed by atoms with Crippen molar-refractivity contribution in [3.05, 3.63) is 170 Å². The maximum absolute atomic E-state index is 6.87. The van der Waals surface area contributed by atoms with Crippen molar-refractivity contribution in [1.82, 2.24) is 4.57 Å². The van der Waals surface area contributed by atoms with Crippen LogP contribution >= 0.6 is 0 Å². The summed E-state index contributed by atoms with van der Waals surface area (Å²) in [7, 11) is 0. The molecule has 0 saturated heterocycles. The Bertz CT molecular complexity index is 3080. The third-order valence-corrected chi connectivity index (χ3v) is 11.1. The second-order valence-electron chi connectivity index (χ2n) is 14.0. The van der Waals surface area contributed by atoms with Gasteiger partial charge >= 0.3 is 6.92 Å². The highest BCUT2D eigenvalue weighted by Crippen LogP contribution is 2.44. The summed E-state index contributed by atoms with van der Waals surface area (Å²) >= 11 is 0. The van der Waals surface area contributed by atoms with Gasteiger partial charge in [-0.25, -0.2) is 0 Å². The Labute approximate surface area is 305 Å². The molecule has 0 saturated carbocycles. The minimum Gasteiger partial charge on any atom is -0.551 e. The molecule has 2 aliphatic rings. The van der Waals surface area contributed by atoms with Gasteiger partial charge < -0.3 is 18.4 Å². The van der Waals surface area contributed by atoms with E-state index >= 15 is 0 Å². The van der Waals surface area contributed by atoms with Gasteiger partial charge in [0.25, 0.3) is 0 Å². The van der Waals surface area contributed by atoms with E-state index in [1.165, 1.54) is 21.8 Å². The average Bonchev–Trinajstić information content (AvgIpc) is 3.77. The van der Waals surface area contributed by atoms with Crippen LogP contribution in [0.1, 0.15) is 0 Å². The molecule has 0 N–H and O–H groups in total. The third kappa shape index (κ3) is 4.13. The van der Waals surface area contributed by atoms with Crippen molar-refractivity contribution < 1.29 is 13.8 Å². The van der Waals surface area contributed by atoms with Gasteiger partial charge in [0.15, 0.2) is 0 Å². The number of para-hydroxylation sites is 4. The lowest BCUT2D eigenvalue weighted by Crippen LogP contribution is -2.53. The van der Waals surface area contributed by atoms with E-state index in [0.29, 0.717) is 0 Å². The predicted molar refractivity (Wildman–Crippen MR) is 217 cm³/mol. The quantitative estimate of drug-likeness (QED) is 0.175. The monoisotopic (exact) mass is 677 g/mol. The number of benzene rings is 8. The SMILES string of the molecule is c1ccc2c(c1)OB1c3cc(-c4ccc(-n5c6ccccc6c6ccccc65)cc4)ccc3Oc3cc(-c4cccc5oc6ccccc6c45)cc-2c31. The molecule has 4 heterocycles. The zero-order valence-corrected chi connectivity index (χ0v) is 28.4. The second-order valence-corrected chi connectivity index (χ2v) is 14.0. The van der Waals surface area contributed by atoms with Crippen LogP contribution < -0.4 is 20.3 Å². The van der Waals surface area contributed by atoms with Crippen LogP contribution in [-0.2, 0) is 0 Å². The Morgan fingerprint density at radius 1 is 0.434 bits per heavy atom. The van der Waals surface area contributed by atoms with Gasteiger partial charge in [-0.3, -0.25) is 0 Å². The number of ether oxygens (including phenoxy) is 1. The van der Waals surface area contributed by atoms with E-state index < -0.39 is 0 Å². The molecule has 246 valence electrons. The summed E-state index contributed by atoms with van der Waals surface area (Å²) < 4.78 is 22.3. The van der Waals surface area contributed by atoms with Crippen molar-refractivity contribution in [1.29, 1.82) is 0 Å². The Balaban J connectivity index is 0.977. The molecule has 2 aromatic heterocycles. The van der Waals surface area contributed by atoms with Gasteiger partial charge in [-0.05, 0) is 88.5 Å². The molecule has 0 unspecified atom stereocenters. The molecular weight excluding hydrogens is 649 g/mol. The number of aromatic nitrogens is 1. The van der Waals surface area contributed by atoms with Gasteiger partial charge in [0.05, 0.1) is 11.0 Å². The smallest absolute Gasteiger partial charge is 0.434 e. The molecular formula is C48H28BNO3. The first-order valence-corrected chi connectivity index (χ1v) is 18.0. The van der Waals surface area contributed by atoms with Crippen LogP contribution in [0, 0.1) is 0 Å². The van der Waals surface area contributed by atoms with Gasteiger partial charge in [0, 0.05) is 43.7 Å². The first kappa shape index (κ1) is 28.7. The molecule has 0 atom stereocenters. The fraction of sp³-hybridized carbons (Fsp3) is 0. The van der Waals surface area contributed by atoms with Gasteiger partial charge in [-0.1, -0.05) is 109 Å². The molecule has 8 aromatic carbocycles. The third-order valence-electron chi connectivity index (χ3n) is 11.1. The number of furan rings is 1. The Morgan fingerprint density at radius 3 is 1.94 bits per heavy atom. The number of hydrogen-bond donors (Lipinski definition) is 0. The fourth-order valence-corrected chi connectivity index (χ4v) is 8.72. The minimum atomic E-state index is -0.310. The maximum Gasteiger partial charge on any atom is 0.434 e. The summed E-state index contributed by atoms with van der Waals surface area (Å²) in [5, 5.41) is 4.73. The summed E-state index contributed by atoms with van der Waals surface area (Å²) in [5.41, 5.74) is 14.0. The highest BCUT2D eigenvalue weighted by atomic mass is 16.5. The fourth-order valence-electron chi connectivity index (χ4n) is 8.72. The van der Waals surface area contributed by atoms with Gasteiger partial charge in [-0.15, -0.1) is 0 Å². The van der Waals surface area contributed by atoms with E-state index in [2.05, 4.69) is 150 Å². The Morgan fingerprint density at radius 2 is 1.11 bits per heavy atom. The van der Waals surface area contributed by atoms with Crippen molar-refractivity contribution >= 4 is 61.6 Å². The van der Waals surface area contributed by atoms with E-state index in [1.54, 1.807) is 0 Å². The van der Waals surface area contributed by atoms with E-state index in [4.69, 9.17) is 13.8 Å². The molecule has 0 radical (unpaired) electrons. The molecule has 0 bridgehead atoms. The largest absolute Gasteiger partial charge is 0.551 e. The lowest BCUT2D eigenvalue weighted by molar-refractivity contribution is 0.479. The minimum absolute atomic E-state index is 0.310. The van der Waals surface area contributed by atoms with Crippen molar-refractivity contribution in [3.63, 3.8) is 0 Å². The summed E-state index contributed by atoms with van der Waals surface area (Å²) in [6.45, 7) is -0.310. The van der Waals surface area contributed by atoms with Crippen LogP contribution in [0.15, 0.2) is 174 Å². The second kappa shape index (κ2) is 10.8. The van der Waals surface area contributed by atoms with Crippen LogP contribution in [0.25, 0.3) is 82.8 Å². The first-order chi connectivity index (χ1) is 26.3. The molecule has 53 heavy (non-hydrogen) atoms. The van der Waals surface area contributed by atoms with Crippen LogP contribution in [0.2, 0.25) is 0 Å². The number of fused-ring (bicyclic) bond motifs is 10. The summed E-state index contributed by atoms with van der Waals surface area (Å²) in [6, 6.07) is 59.9. The lowest BCUT2D eigenvalue weighted by Gasteiger charge is -2.33. The predicted octanol–water partition coefficient (Wildman–Crippen LogP) is 11.3. The summed E-state index contributed by atoms with van der Waals surface area (Å²) in [5.74, 6) is 2.49. The Hall–Kier alpha value is -6.98. The van der Waals surface area contributed by atoms with Gasteiger partial charge in [0.1, 0.15) is 28.4 Å². The zero-order valence-electron chi connectivity index (χ0n) is 28.4. The summed E-state index contributed by atoms with van der Waals surface area (Å²) in [4.78, 5) is 0. The first-order valence-electron chi connectivity index (χ1n) is 18.0. The van der Waals surface area contributed by atoms with E-state index in [1.807, 2.05) is 24.3 Å². The Kier molecular flexibility index (Phi) is 5.83. The molecule has 2 aliphatic heterocycles. The molecule has 12 rings (SSSR count). The van der Waals surface area contributed by atoms with Crippen LogP contribution in [0.5, 0.6) is 17.2 Å². The molecule has 4 nitrogen and oxygen atoms in total. The van der Waals surface area contributed by atoms with Crippen molar-refractivity contribution in [2.75, 3.05) is 0 Å². The molecule has 0 spiro atoms. The van der Waals surface area contributed by atoms with Crippen LogP contribution in [-0.4, -0.2) is 11.5 Å². The molecule has 10 aromatic rings. The van der Waals surface area contributed by atoms with E-state index in [-0.39, 0.29) is 6.92 Å². The maximum atomic E-state index is 6.87. The molecule has 0 amide bonds. The molecule has 0 fully saturated rings.